The number of carbonyl (C=O) groups excluding carboxylic acids is 1. The second-order valence-corrected chi connectivity index (χ2v) is 5.99. The van der Waals surface area contributed by atoms with Gasteiger partial charge in [-0.15, -0.1) is 0 Å². The third-order valence-electron chi connectivity index (χ3n) is 4.82. The van der Waals surface area contributed by atoms with Gasteiger partial charge in [0.2, 0.25) is 0 Å². The predicted molar refractivity (Wildman–Crippen MR) is 76.8 cm³/mol. The van der Waals surface area contributed by atoms with Crippen molar-refractivity contribution in [2.24, 2.45) is 5.92 Å². The Bertz CT molecular complexity index is 532. The first-order valence-electron chi connectivity index (χ1n) is 7.64. The molecule has 2 fully saturated rings. The van der Waals surface area contributed by atoms with Gasteiger partial charge in [0.25, 0.3) is 5.91 Å². The summed E-state index contributed by atoms with van der Waals surface area (Å²) in [5, 5.41) is 9.49. The molecule has 21 heavy (non-hydrogen) atoms. The van der Waals surface area contributed by atoms with Gasteiger partial charge in [0.05, 0.1) is 0 Å². The van der Waals surface area contributed by atoms with Gasteiger partial charge < -0.3 is 10.0 Å². The molecule has 5 heteroatoms. The van der Waals surface area contributed by atoms with Gasteiger partial charge in [-0.25, -0.2) is 4.79 Å². The Labute approximate surface area is 124 Å². The molecule has 3 rings (SSSR count). The van der Waals surface area contributed by atoms with Crippen LogP contribution >= 0.6 is 0 Å². The highest BCUT2D eigenvalue weighted by molar-refractivity contribution is 5.96. The van der Waals surface area contributed by atoms with Crippen molar-refractivity contribution in [2.45, 2.75) is 50.6 Å². The molecule has 1 N–H and O–H groups in total. The number of aromatic nitrogens is 1. The maximum Gasteiger partial charge on any atom is 0.326 e. The van der Waals surface area contributed by atoms with E-state index in [4.69, 9.17) is 0 Å². The lowest BCUT2D eigenvalue weighted by Crippen LogP contribution is -2.57. The number of aliphatic carboxylic acids is 1. The molecule has 0 spiro atoms. The fourth-order valence-corrected chi connectivity index (χ4v) is 3.81. The summed E-state index contributed by atoms with van der Waals surface area (Å²) in [5.41, 5.74) is 0.530. The lowest BCUT2D eigenvalue weighted by Gasteiger charge is -2.47. The highest BCUT2D eigenvalue weighted by Gasteiger charge is 2.43. The number of likely N-dealkylation sites (tertiary alicyclic amines) is 1. The van der Waals surface area contributed by atoms with Crippen molar-refractivity contribution in [1.82, 2.24) is 9.88 Å². The number of carboxylic acid groups (broad SMARTS) is 1. The number of fused-ring (bicyclic) bond motifs is 1. The molecule has 3 atom stereocenters. The largest absolute Gasteiger partial charge is 0.480 e. The van der Waals surface area contributed by atoms with Gasteiger partial charge in [0.1, 0.15) is 6.04 Å². The molecule has 1 amide bonds. The van der Waals surface area contributed by atoms with Crippen LogP contribution < -0.4 is 0 Å². The molecule has 1 saturated heterocycles. The normalized spacial score (nSPS) is 28.8. The minimum atomic E-state index is -0.888. The Balaban J connectivity index is 1.92. The van der Waals surface area contributed by atoms with E-state index in [-0.39, 0.29) is 11.9 Å². The highest BCUT2D eigenvalue weighted by Crippen LogP contribution is 2.38. The molecule has 0 aromatic carbocycles. The van der Waals surface area contributed by atoms with Gasteiger partial charge in [-0.05, 0) is 43.7 Å². The average molecular weight is 288 g/mol. The molecule has 3 unspecified atom stereocenters. The molecule has 1 aromatic heterocycles. The summed E-state index contributed by atoms with van der Waals surface area (Å²) < 4.78 is 0. The van der Waals surface area contributed by atoms with Crippen molar-refractivity contribution in [1.29, 1.82) is 0 Å². The predicted octanol–water partition coefficient (Wildman–Crippen LogP) is 2.33. The van der Waals surface area contributed by atoms with Crippen LogP contribution in [0.2, 0.25) is 0 Å². The molecule has 1 aromatic rings. The molecular formula is C16H20N2O3. The number of rotatable bonds is 2. The molecule has 1 aliphatic heterocycles. The Morgan fingerprint density at radius 2 is 1.81 bits per heavy atom. The lowest BCUT2D eigenvalue weighted by molar-refractivity contribution is -0.146. The van der Waals surface area contributed by atoms with Crippen molar-refractivity contribution < 1.29 is 14.7 Å². The molecule has 112 valence electrons. The van der Waals surface area contributed by atoms with Crippen LogP contribution in [0.3, 0.4) is 0 Å². The van der Waals surface area contributed by atoms with Crippen molar-refractivity contribution in [3.8, 4) is 0 Å². The number of nitrogens with zero attached hydrogens (tertiary/aromatic N) is 2. The van der Waals surface area contributed by atoms with Crippen LogP contribution in [0.15, 0.2) is 24.5 Å². The monoisotopic (exact) mass is 288 g/mol. The zero-order chi connectivity index (χ0) is 14.8. The van der Waals surface area contributed by atoms with Crippen LogP contribution in [-0.2, 0) is 4.79 Å². The van der Waals surface area contributed by atoms with Crippen LogP contribution in [0.5, 0.6) is 0 Å². The van der Waals surface area contributed by atoms with Gasteiger partial charge in [0, 0.05) is 24.0 Å². The van der Waals surface area contributed by atoms with E-state index in [1.807, 2.05) is 0 Å². The van der Waals surface area contributed by atoms with E-state index in [0.29, 0.717) is 17.9 Å². The van der Waals surface area contributed by atoms with Crippen molar-refractivity contribution in [3.63, 3.8) is 0 Å². The van der Waals surface area contributed by atoms with E-state index >= 15 is 0 Å². The Hall–Kier alpha value is -1.91. The lowest BCUT2D eigenvalue weighted by atomic mass is 9.76. The zero-order valence-corrected chi connectivity index (χ0v) is 11.9. The summed E-state index contributed by atoms with van der Waals surface area (Å²) >= 11 is 0. The van der Waals surface area contributed by atoms with Crippen molar-refractivity contribution in [2.75, 3.05) is 0 Å². The topological polar surface area (TPSA) is 70.5 Å². The van der Waals surface area contributed by atoms with Gasteiger partial charge in [-0.3, -0.25) is 9.78 Å². The SMILES string of the molecule is O=C(O)C1CCC2CCCCC2N1C(=O)c1ccncc1. The highest BCUT2D eigenvalue weighted by atomic mass is 16.4. The number of hydrogen-bond acceptors (Lipinski definition) is 3. The first kappa shape index (κ1) is 14.0. The smallest absolute Gasteiger partial charge is 0.326 e. The first-order chi connectivity index (χ1) is 10.2. The van der Waals surface area contributed by atoms with Crippen molar-refractivity contribution in [3.05, 3.63) is 30.1 Å². The molecule has 0 bridgehead atoms. The van der Waals surface area contributed by atoms with Crippen LogP contribution in [0.25, 0.3) is 0 Å². The average Bonchev–Trinajstić information content (AvgIpc) is 2.53. The van der Waals surface area contributed by atoms with Gasteiger partial charge >= 0.3 is 5.97 Å². The quantitative estimate of drug-likeness (QED) is 0.906. The van der Waals surface area contributed by atoms with Crippen molar-refractivity contribution >= 4 is 11.9 Å². The van der Waals surface area contributed by atoms with Gasteiger partial charge in [-0.1, -0.05) is 12.8 Å². The van der Waals surface area contributed by atoms with E-state index in [0.717, 1.165) is 25.7 Å². The number of amides is 1. The number of carbonyl (C=O) groups is 2. The molecule has 5 nitrogen and oxygen atoms in total. The van der Waals surface area contributed by atoms with Crippen LogP contribution in [0.1, 0.15) is 48.9 Å². The third-order valence-corrected chi connectivity index (χ3v) is 4.82. The summed E-state index contributed by atoms with van der Waals surface area (Å²) in [5.74, 6) is -0.594. The molecular weight excluding hydrogens is 268 g/mol. The van der Waals surface area contributed by atoms with Crippen LogP contribution in [-0.4, -0.2) is 39.0 Å². The maximum absolute atomic E-state index is 12.8. The van der Waals surface area contributed by atoms with Crippen LogP contribution in [0, 0.1) is 5.92 Å². The fourth-order valence-electron chi connectivity index (χ4n) is 3.81. The second kappa shape index (κ2) is 5.84. The van der Waals surface area contributed by atoms with Crippen LogP contribution in [0.4, 0.5) is 0 Å². The molecule has 1 aliphatic carbocycles. The van der Waals surface area contributed by atoms with E-state index in [2.05, 4.69) is 4.98 Å². The summed E-state index contributed by atoms with van der Waals surface area (Å²) in [6.07, 6.45) is 8.93. The molecule has 2 aliphatic rings. The zero-order valence-electron chi connectivity index (χ0n) is 11.9. The summed E-state index contributed by atoms with van der Waals surface area (Å²) in [4.78, 5) is 29.9. The number of carboxylic acids is 1. The Morgan fingerprint density at radius 1 is 1.10 bits per heavy atom. The van der Waals surface area contributed by atoms with E-state index in [1.165, 1.54) is 6.42 Å². The fraction of sp³-hybridized carbons (Fsp3) is 0.562. The first-order valence-corrected chi connectivity index (χ1v) is 7.64. The minimum Gasteiger partial charge on any atom is -0.480 e. The molecule has 2 heterocycles. The third kappa shape index (κ3) is 2.64. The standard InChI is InChI=1S/C16H20N2O3/c19-15(12-7-9-17-10-8-12)18-13-4-2-1-3-11(13)5-6-14(18)16(20)21/h7-11,13-14H,1-6H2,(H,20,21). The van der Waals surface area contributed by atoms with Gasteiger partial charge in [-0.2, -0.15) is 0 Å². The number of piperidine rings is 1. The molecule has 0 radical (unpaired) electrons. The Kier molecular flexibility index (Phi) is 3.90. The maximum atomic E-state index is 12.8. The van der Waals surface area contributed by atoms with E-state index < -0.39 is 12.0 Å². The summed E-state index contributed by atoms with van der Waals surface area (Å²) in [6.45, 7) is 0. The van der Waals surface area contributed by atoms with E-state index in [9.17, 15) is 14.7 Å². The Morgan fingerprint density at radius 3 is 2.52 bits per heavy atom. The summed E-state index contributed by atoms with van der Waals surface area (Å²) in [7, 11) is 0. The minimum absolute atomic E-state index is 0.0780. The number of pyridine rings is 1. The number of hydrogen-bond donors (Lipinski definition) is 1. The molecule has 1 saturated carbocycles. The summed E-state index contributed by atoms with van der Waals surface area (Å²) in [6, 6.07) is 2.71. The second-order valence-electron chi connectivity index (χ2n) is 5.99. The van der Waals surface area contributed by atoms with E-state index in [1.54, 1.807) is 29.4 Å². The van der Waals surface area contributed by atoms with Gasteiger partial charge in [0.15, 0.2) is 0 Å².